The lowest BCUT2D eigenvalue weighted by Gasteiger charge is -2.41. The lowest BCUT2D eigenvalue weighted by atomic mass is 9.79. The second-order valence-electron chi connectivity index (χ2n) is 6.05. The Bertz CT molecular complexity index is 417. The van der Waals surface area contributed by atoms with Crippen molar-refractivity contribution in [3.8, 4) is 5.75 Å². The van der Waals surface area contributed by atoms with Crippen LogP contribution in [0.1, 0.15) is 25.8 Å². The van der Waals surface area contributed by atoms with Gasteiger partial charge in [-0.15, -0.1) is 0 Å². The number of hydrogen-bond acceptors (Lipinski definition) is 3. The minimum Gasteiger partial charge on any atom is -0.496 e. The summed E-state index contributed by atoms with van der Waals surface area (Å²) >= 11 is 1.85. The van der Waals surface area contributed by atoms with E-state index in [2.05, 4.69) is 13.8 Å². The largest absolute Gasteiger partial charge is 0.496 e. The van der Waals surface area contributed by atoms with Crippen LogP contribution in [-0.4, -0.2) is 29.3 Å². The molecule has 1 unspecified atom stereocenters. The van der Waals surface area contributed by atoms with Crippen molar-refractivity contribution in [2.45, 2.75) is 32.3 Å². The molecule has 0 saturated carbocycles. The van der Waals surface area contributed by atoms with E-state index in [1.165, 1.54) is 0 Å². The fourth-order valence-corrected chi connectivity index (χ4v) is 4.17. The smallest absolute Gasteiger partial charge is 0.122 e. The van der Waals surface area contributed by atoms with Crippen molar-refractivity contribution in [3.63, 3.8) is 0 Å². The summed E-state index contributed by atoms with van der Waals surface area (Å²) in [7, 11) is 1.68. The SMILES string of the molecule is COc1ccccc1CC1(O)CSCC(C)(C)C1. The number of thioether (sulfide) groups is 1. The monoisotopic (exact) mass is 266 g/mol. The first-order valence-corrected chi connectivity index (χ1v) is 7.52. The summed E-state index contributed by atoms with van der Waals surface area (Å²) in [6.45, 7) is 4.46. The molecule has 1 aromatic carbocycles. The van der Waals surface area contributed by atoms with Crippen molar-refractivity contribution in [2.75, 3.05) is 18.6 Å². The minimum absolute atomic E-state index is 0.208. The Morgan fingerprint density at radius 1 is 1.28 bits per heavy atom. The summed E-state index contributed by atoms with van der Waals surface area (Å²) in [5.74, 6) is 2.81. The van der Waals surface area contributed by atoms with Gasteiger partial charge in [0.05, 0.1) is 12.7 Å². The van der Waals surface area contributed by atoms with E-state index in [9.17, 15) is 5.11 Å². The Morgan fingerprint density at radius 2 is 2.00 bits per heavy atom. The molecular weight excluding hydrogens is 244 g/mol. The Labute approximate surface area is 114 Å². The van der Waals surface area contributed by atoms with E-state index in [1.54, 1.807) is 7.11 Å². The summed E-state index contributed by atoms with van der Waals surface area (Å²) in [4.78, 5) is 0. The highest BCUT2D eigenvalue weighted by Gasteiger charge is 2.39. The van der Waals surface area contributed by atoms with E-state index in [0.29, 0.717) is 6.42 Å². The van der Waals surface area contributed by atoms with E-state index in [1.807, 2.05) is 36.0 Å². The molecule has 100 valence electrons. The molecule has 1 aliphatic rings. The zero-order chi connectivity index (χ0) is 13.2. The maximum Gasteiger partial charge on any atom is 0.122 e. The Morgan fingerprint density at radius 3 is 2.67 bits per heavy atom. The summed E-state index contributed by atoms with van der Waals surface area (Å²) < 4.78 is 5.37. The van der Waals surface area contributed by atoms with Crippen molar-refractivity contribution in [1.82, 2.24) is 0 Å². The predicted molar refractivity (Wildman–Crippen MR) is 77.4 cm³/mol. The third kappa shape index (κ3) is 3.21. The van der Waals surface area contributed by atoms with Crippen LogP contribution in [0.2, 0.25) is 0 Å². The summed E-state index contributed by atoms with van der Waals surface area (Å²) in [6, 6.07) is 7.97. The third-order valence-corrected chi connectivity index (χ3v) is 5.11. The second-order valence-corrected chi connectivity index (χ2v) is 7.03. The standard InChI is InChI=1S/C15H22O2S/c1-14(2)9-15(16,11-18-10-14)8-12-6-4-5-7-13(12)17-3/h4-7,16H,8-11H2,1-3H3. The molecule has 1 aromatic rings. The van der Waals surface area contributed by atoms with Crippen molar-refractivity contribution in [2.24, 2.45) is 5.41 Å². The fraction of sp³-hybridized carbons (Fsp3) is 0.600. The quantitative estimate of drug-likeness (QED) is 0.911. The van der Waals surface area contributed by atoms with Gasteiger partial charge in [0.15, 0.2) is 0 Å². The lowest BCUT2D eigenvalue weighted by molar-refractivity contribution is 0.0195. The molecule has 3 heteroatoms. The van der Waals surface area contributed by atoms with Gasteiger partial charge in [0.2, 0.25) is 0 Å². The average molecular weight is 266 g/mol. The summed E-state index contributed by atoms with van der Waals surface area (Å²) in [6.07, 6.45) is 1.53. The molecule has 0 aliphatic carbocycles. The molecule has 0 aromatic heterocycles. The molecule has 0 radical (unpaired) electrons. The molecule has 1 N–H and O–H groups in total. The second kappa shape index (κ2) is 5.14. The first-order chi connectivity index (χ1) is 8.44. The molecule has 18 heavy (non-hydrogen) atoms. The van der Waals surface area contributed by atoms with Crippen LogP contribution in [0.5, 0.6) is 5.75 Å². The van der Waals surface area contributed by atoms with Crippen molar-refractivity contribution in [3.05, 3.63) is 29.8 Å². The Hall–Kier alpha value is -0.670. The van der Waals surface area contributed by atoms with E-state index >= 15 is 0 Å². The molecule has 1 saturated heterocycles. The van der Waals surface area contributed by atoms with Crippen molar-refractivity contribution in [1.29, 1.82) is 0 Å². The van der Waals surface area contributed by atoms with Gasteiger partial charge in [0, 0.05) is 12.2 Å². The third-order valence-electron chi connectivity index (χ3n) is 3.38. The highest BCUT2D eigenvalue weighted by atomic mass is 32.2. The van der Waals surface area contributed by atoms with Crippen LogP contribution in [0.4, 0.5) is 0 Å². The number of aliphatic hydroxyl groups is 1. The van der Waals surface area contributed by atoms with E-state index in [4.69, 9.17) is 4.74 Å². The van der Waals surface area contributed by atoms with Crippen LogP contribution in [0, 0.1) is 5.41 Å². The molecule has 1 heterocycles. The molecule has 1 atom stereocenters. The molecule has 2 rings (SSSR count). The van der Waals surface area contributed by atoms with Gasteiger partial charge in [-0.2, -0.15) is 11.8 Å². The van der Waals surface area contributed by atoms with Gasteiger partial charge in [-0.25, -0.2) is 0 Å². The van der Waals surface area contributed by atoms with Gasteiger partial charge in [0.1, 0.15) is 5.75 Å². The molecule has 1 aliphatic heterocycles. The highest BCUT2D eigenvalue weighted by Crippen LogP contribution is 2.41. The average Bonchev–Trinajstić information content (AvgIpc) is 2.27. The van der Waals surface area contributed by atoms with Crippen LogP contribution in [0.25, 0.3) is 0 Å². The minimum atomic E-state index is -0.610. The summed E-state index contributed by atoms with van der Waals surface area (Å²) in [5, 5.41) is 10.8. The number of rotatable bonds is 3. The highest BCUT2D eigenvalue weighted by molar-refractivity contribution is 7.99. The number of para-hydroxylation sites is 1. The predicted octanol–water partition coefficient (Wildman–Crippen LogP) is 3.13. The number of methoxy groups -OCH3 is 1. The number of ether oxygens (including phenoxy) is 1. The zero-order valence-corrected chi connectivity index (χ0v) is 12.2. The topological polar surface area (TPSA) is 29.5 Å². The van der Waals surface area contributed by atoms with Crippen LogP contribution in [-0.2, 0) is 6.42 Å². The number of hydrogen-bond donors (Lipinski definition) is 1. The van der Waals surface area contributed by atoms with Crippen molar-refractivity contribution >= 4 is 11.8 Å². The van der Waals surface area contributed by atoms with Crippen LogP contribution >= 0.6 is 11.8 Å². The summed E-state index contributed by atoms with van der Waals surface area (Å²) in [5.41, 5.74) is 0.696. The van der Waals surface area contributed by atoms with Gasteiger partial charge in [-0.3, -0.25) is 0 Å². The van der Waals surface area contributed by atoms with Crippen LogP contribution in [0.15, 0.2) is 24.3 Å². The van der Waals surface area contributed by atoms with Crippen molar-refractivity contribution < 1.29 is 9.84 Å². The van der Waals surface area contributed by atoms with E-state index < -0.39 is 5.60 Å². The maximum atomic E-state index is 10.8. The van der Waals surface area contributed by atoms with E-state index in [0.717, 1.165) is 29.2 Å². The van der Waals surface area contributed by atoms with Gasteiger partial charge in [-0.05, 0) is 29.2 Å². The first-order valence-electron chi connectivity index (χ1n) is 6.36. The van der Waals surface area contributed by atoms with Crippen LogP contribution < -0.4 is 4.74 Å². The van der Waals surface area contributed by atoms with Gasteiger partial charge in [0.25, 0.3) is 0 Å². The molecule has 2 nitrogen and oxygen atoms in total. The molecule has 1 fully saturated rings. The van der Waals surface area contributed by atoms with Gasteiger partial charge >= 0.3 is 0 Å². The first kappa shape index (κ1) is 13.8. The van der Waals surface area contributed by atoms with Gasteiger partial charge < -0.3 is 9.84 Å². The van der Waals surface area contributed by atoms with Crippen LogP contribution in [0.3, 0.4) is 0 Å². The molecule has 0 bridgehead atoms. The molecule has 0 amide bonds. The molecule has 0 spiro atoms. The zero-order valence-electron chi connectivity index (χ0n) is 11.4. The normalized spacial score (nSPS) is 26.9. The van der Waals surface area contributed by atoms with Gasteiger partial charge in [-0.1, -0.05) is 32.0 Å². The Kier molecular flexibility index (Phi) is 3.93. The maximum absolute atomic E-state index is 10.8. The lowest BCUT2D eigenvalue weighted by Crippen LogP contribution is -2.44. The number of benzene rings is 1. The molecular formula is C15H22O2S. The fourth-order valence-electron chi connectivity index (χ4n) is 2.83. The Balaban J connectivity index is 2.17. The van der Waals surface area contributed by atoms with E-state index in [-0.39, 0.29) is 5.41 Å².